The highest BCUT2D eigenvalue weighted by atomic mass is 16.5. The number of nitrogens with zero attached hydrogens (tertiary/aromatic N) is 3. The largest absolute Gasteiger partial charge is 0.391 e. The van der Waals surface area contributed by atoms with Crippen LogP contribution in [0.3, 0.4) is 0 Å². The normalized spacial score (nSPS) is 22.5. The van der Waals surface area contributed by atoms with E-state index in [1.807, 2.05) is 18.2 Å². The second-order valence-electron chi connectivity index (χ2n) is 6.45. The highest BCUT2D eigenvalue weighted by Gasteiger charge is 2.31. The molecule has 2 aromatic heterocycles. The number of hydrogen-bond acceptors (Lipinski definition) is 5. The fraction of sp³-hybridized carbons (Fsp3) is 0.529. The van der Waals surface area contributed by atoms with Crippen molar-refractivity contribution in [1.82, 2.24) is 15.0 Å². The van der Waals surface area contributed by atoms with Gasteiger partial charge in [0.25, 0.3) is 0 Å². The maximum absolute atomic E-state index is 10.3. The molecule has 3 heterocycles. The Morgan fingerprint density at radius 1 is 1.32 bits per heavy atom. The van der Waals surface area contributed by atoms with Crippen molar-refractivity contribution in [3.05, 3.63) is 47.6 Å². The number of aliphatic hydroxyl groups excluding tert-OH is 1. The van der Waals surface area contributed by atoms with Gasteiger partial charge in [0.1, 0.15) is 0 Å². The average Bonchev–Trinajstić information content (AvgIpc) is 3.08. The molecule has 1 aliphatic rings. The third kappa shape index (κ3) is 3.54. The third-order valence-corrected chi connectivity index (χ3v) is 4.28. The van der Waals surface area contributed by atoms with Crippen LogP contribution < -0.4 is 0 Å². The minimum Gasteiger partial charge on any atom is -0.391 e. The first kappa shape index (κ1) is 15.2. The molecule has 1 N–H and O–H groups in total. The van der Waals surface area contributed by atoms with Crippen LogP contribution in [0.25, 0.3) is 0 Å². The van der Waals surface area contributed by atoms with E-state index in [4.69, 9.17) is 4.52 Å². The Bertz CT molecular complexity index is 597. The lowest BCUT2D eigenvalue weighted by atomic mass is 9.97. The van der Waals surface area contributed by atoms with Crippen molar-refractivity contribution in [3.63, 3.8) is 0 Å². The summed E-state index contributed by atoms with van der Waals surface area (Å²) in [4.78, 5) is 6.27. The zero-order valence-corrected chi connectivity index (χ0v) is 13.1. The monoisotopic (exact) mass is 301 g/mol. The number of pyridine rings is 1. The van der Waals surface area contributed by atoms with Gasteiger partial charge in [-0.1, -0.05) is 19.0 Å². The number of rotatable bonds is 5. The molecule has 2 atom stereocenters. The van der Waals surface area contributed by atoms with Gasteiger partial charge < -0.3 is 9.63 Å². The summed E-state index contributed by atoms with van der Waals surface area (Å²) >= 11 is 0. The Morgan fingerprint density at radius 3 is 2.77 bits per heavy atom. The van der Waals surface area contributed by atoms with Gasteiger partial charge in [0, 0.05) is 37.5 Å². The summed E-state index contributed by atoms with van der Waals surface area (Å²) < 4.78 is 5.40. The van der Waals surface area contributed by atoms with Crippen LogP contribution in [-0.2, 0) is 13.0 Å². The summed E-state index contributed by atoms with van der Waals surface area (Å²) in [6.45, 7) is 6.48. The Hall–Kier alpha value is -1.72. The highest BCUT2D eigenvalue weighted by molar-refractivity contribution is 5.12. The quantitative estimate of drug-likeness (QED) is 0.917. The fourth-order valence-electron chi connectivity index (χ4n) is 2.99. The van der Waals surface area contributed by atoms with Gasteiger partial charge in [-0.25, -0.2) is 0 Å². The van der Waals surface area contributed by atoms with Gasteiger partial charge in [-0.3, -0.25) is 9.88 Å². The Kier molecular flexibility index (Phi) is 4.55. The van der Waals surface area contributed by atoms with Crippen molar-refractivity contribution in [1.29, 1.82) is 0 Å². The first-order valence-corrected chi connectivity index (χ1v) is 7.86. The highest BCUT2D eigenvalue weighted by Crippen LogP contribution is 2.24. The molecule has 5 heteroatoms. The summed E-state index contributed by atoms with van der Waals surface area (Å²) in [6.07, 6.45) is 4.20. The van der Waals surface area contributed by atoms with Gasteiger partial charge in [0.15, 0.2) is 5.76 Å². The molecular weight excluding hydrogens is 278 g/mol. The van der Waals surface area contributed by atoms with E-state index in [0.29, 0.717) is 19.0 Å². The third-order valence-electron chi connectivity index (χ3n) is 4.28. The first-order chi connectivity index (χ1) is 10.6. The number of likely N-dealkylation sites (tertiary alicyclic amines) is 1. The van der Waals surface area contributed by atoms with E-state index in [0.717, 1.165) is 24.4 Å². The first-order valence-electron chi connectivity index (χ1n) is 7.86. The van der Waals surface area contributed by atoms with Crippen LogP contribution in [0.1, 0.15) is 36.8 Å². The van der Waals surface area contributed by atoms with Crippen molar-refractivity contribution in [2.24, 2.45) is 5.92 Å². The molecule has 5 nitrogen and oxygen atoms in total. The summed E-state index contributed by atoms with van der Waals surface area (Å²) in [6, 6.07) is 6.05. The topological polar surface area (TPSA) is 62.4 Å². The Morgan fingerprint density at radius 2 is 2.09 bits per heavy atom. The molecule has 0 radical (unpaired) electrons. The second-order valence-corrected chi connectivity index (χ2v) is 6.45. The van der Waals surface area contributed by atoms with E-state index >= 15 is 0 Å². The lowest BCUT2D eigenvalue weighted by Crippen LogP contribution is -2.21. The van der Waals surface area contributed by atoms with Crippen LogP contribution >= 0.6 is 0 Å². The molecule has 0 aliphatic carbocycles. The zero-order chi connectivity index (χ0) is 15.5. The van der Waals surface area contributed by atoms with Crippen LogP contribution in [-0.4, -0.2) is 39.3 Å². The van der Waals surface area contributed by atoms with Crippen molar-refractivity contribution >= 4 is 0 Å². The second kappa shape index (κ2) is 6.58. The number of hydrogen-bond donors (Lipinski definition) is 1. The van der Waals surface area contributed by atoms with E-state index in [1.54, 1.807) is 12.4 Å². The van der Waals surface area contributed by atoms with Crippen LogP contribution in [0, 0.1) is 5.92 Å². The fourth-order valence-corrected chi connectivity index (χ4v) is 2.99. The smallest absolute Gasteiger partial charge is 0.150 e. The minimum absolute atomic E-state index is 0.259. The molecule has 0 saturated carbocycles. The van der Waals surface area contributed by atoms with Gasteiger partial charge in [-0.15, -0.1) is 0 Å². The van der Waals surface area contributed by atoms with Gasteiger partial charge in [0.05, 0.1) is 18.3 Å². The molecule has 3 rings (SSSR count). The van der Waals surface area contributed by atoms with E-state index in [9.17, 15) is 5.11 Å². The molecule has 0 unspecified atom stereocenters. The summed E-state index contributed by atoms with van der Waals surface area (Å²) in [7, 11) is 0. The van der Waals surface area contributed by atoms with Crippen LogP contribution in [0.4, 0.5) is 0 Å². The lowest BCUT2D eigenvalue weighted by molar-refractivity contribution is 0.140. The van der Waals surface area contributed by atoms with Crippen molar-refractivity contribution in [2.45, 2.75) is 38.8 Å². The van der Waals surface area contributed by atoms with Crippen LogP contribution in [0.15, 0.2) is 35.1 Å². The van der Waals surface area contributed by atoms with Crippen LogP contribution in [0.2, 0.25) is 0 Å². The van der Waals surface area contributed by atoms with Crippen molar-refractivity contribution < 1.29 is 9.63 Å². The maximum Gasteiger partial charge on any atom is 0.150 e. The molecule has 0 bridgehead atoms. The van der Waals surface area contributed by atoms with Gasteiger partial charge in [-0.05, 0) is 30.0 Å². The van der Waals surface area contributed by atoms with E-state index in [1.165, 1.54) is 5.56 Å². The number of β-amino-alcohol motifs (C(OH)–C–C–N with tert-alkyl or cyclic N) is 1. The standard InChI is InChI=1S/C17H23N3O2/c1-12(2)16-8-15(22-19-16)10-20-9-14(17(21)11-20)7-13-3-5-18-6-4-13/h3-6,8,12,14,17,21H,7,9-11H2,1-2H3/t14-,17-/m1/s1. The SMILES string of the molecule is CC(C)c1cc(CN2C[C@@H](Cc3ccncc3)[C@H](O)C2)on1. The molecule has 1 saturated heterocycles. The van der Waals surface area contributed by atoms with E-state index in [-0.39, 0.29) is 12.0 Å². The maximum atomic E-state index is 10.3. The van der Waals surface area contributed by atoms with Crippen LogP contribution in [0.5, 0.6) is 0 Å². The minimum atomic E-state index is -0.291. The molecule has 118 valence electrons. The molecular formula is C17H23N3O2. The predicted octanol–water partition coefficient (Wildman–Crippen LogP) is 2.23. The van der Waals surface area contributed by atoms with Crippen molar-refractivity contribution in [3.8, 4) is 0 Å². The lowest BCUT2D eigenvalue weighted by Gasteiger charge is -2.14. The summed E-state index contributed by atoms with van der Waals surface area (Å²) in [5.41, 5.74) is 2.21. The Balaban J connectivity index is 1.58. The molecule has 0 spiro atoms. The molecule has 22 heavy (non-hydrogen) atoms. The molecule has 0 aromatic carbocycles. The van der Waals surface area contributed by atoms with Gasteiger partial charge in [-0.2, -0.15) is 0 Å². The average molecular weight is 301 g/mol. The molecule has 1 aliphatic heterocycles. The molecule has 2 aromatic rings. The van der Waals surface area contributed by atoms with Gasteiger partial charge >= 0.3 is 0 Å². The number of aliphatic hydroxyl groups is 1. The van der Waals surface area contributed by atoms with Gasteiger partial charge in [0.2, 0.25) is 0 Å². The van der Waals surface area contributed by atoms with E-state index < -0.39 is 0 Å². The number of aromatic nitrogens is 2. The molecule has 1 fully saturated rings. The van der Waals surface area contributed by atoms with Crippen molar-refractivity contribution in [2.75, 3.05) is 13.1 Å². The summed E-state index contributed by atoms with van der Waals surface area (Å²) in [5.74, 6) is 1.51. The molecule has 0 amide bonds. The summed E-state index contributed by atoms with van der Waals surface area (Å²) in [5, 5.41) is 14.4. The predicted molar refractivity (Wildman–Crippen MR) is 83.3 cm³/mol. The zero-order valence-electron chi connectivity index (χ0n) is 13.1. The van der Waals surface area contributed by atoms with E-state index in [2.05, 4.69) is 28.9 Å². The Labute approximate surface area is 131 Å².